The third-order valence-electron chi connectivity index (χ3n) is 4.38. The zero-order valence-corrected chi connectivity index (χ0v) is 13.4. The highest BCUT2D eigenvalue weighted by Gasteiger charge is 2.29. The number of hydrogen-bond donors (Lipinski definition) is 2. The number of aromatic amines is 1. The third-order valence-corrected chi connectivity index (χ3v) is 4.38. The molecule has 1 atom stereocenters. The van der Waals surface area contributed by atoms with Crippen molar-refractivity contribution in [2.45, 2.75) is 25.4 Å². The number of anilines is 1. The number of imidazole rings is 1. The molecule has 0 bridgehead atoms. The number of ether oxygens (including phenoxy) is 1. The Morgan fingerprint density at radius 3 is 3.17 bits per heavy atom. The zero-order chi connectivity index (χ0) is 16.5. The number of likely N-dealkylation sites (tertiary alicyclic amines) is 1. The van der Waals surface area contributed by atoms with E-state index in [4.69, 9.17) is 10.5 Å². The Kier molecular flexibility index (Phi) is 3.73. The average Bonchev–Trinajstić information content (AvgIpc) is 3.24. The maximum atomic E-state index is 6.04. The first-order valence-corrected chi connectivity index (χ1v) is 7.93. The van der Waals surface area contributed by atoms with Crippen LogP contribution in [-0.4, -0.2) is 43.5 Å². The number of pyridine rings is 1. The van der Waals surface area contributed by atoms with Crippen LogP contribution in [0.4, 0.5) is 5.82 Å². The summed E-state index contributed by atoms with van der Waals surface area (Å²) in [5.41, 5.74) is 8.46. The highest BCUT2D eigenvalue weighted by atomic mass is 16.5. The van der Waals surface area contributed by atoms with E-state index in [2.05, 4.69) is 29.8 Å². The summed E-state index contributed by atoms with van der Waals surface area (Å²) in [5.74, 6) is 1.95. The van der Waals surface area contributed by atoms with E-state index in [9.17, 15) is 0 Å². The molecule has 3 aromatic rings. The summed E-state index contributed by atoms with van der Waals surface area (Å²) in [5, 5.41) is 0. The fourth-order valence-corrected chi connectivity index (χ4v) is 3.23. The molecule has 8 heteroatoms. The smallest absolute Gasteiger partial charge is 0.183 e. The molecule has 1 unspecified atom stereocenters. The van der Waals surface area contributed by atoms with Crippen molar-refractivity contribution in [2.24, 2.45) is 0 Å². The Labute approximate surface area is 139 Å². The molecule has 0 amide bonds. The highest BCUT2D eigenvalue weighted by Crippen LogP contribution is 2.32. The standard InChI is InChI=1S/C16H19N7O/c1-24-11-5-10(6-18-7-11)8-23-4-2-3-12(23)15-21-14(17)13-16(22-15)20-9-19-13/h5-7,9,12H,2-4,8H2,1H3,(H3,17,19,20,21,22). The van der Waals surface area contributed by atoms with E-state index in [0.717, 1.165) is 43.1 Å². The summed E-state index contributed by atoms with van der Waals surface area (Å²) in [6, 6.07) is 2.15. The van der Waals surface area contributed by atoms with Gasteiger partial charge in [-0.3, -0.25) is 9.88 Å². The molecular formula is C16H19N7O. The zero-order valence-electron chi connectivity index (χ0n) is 13.4. The predicted octanol–water partition coefficient (Wildman–Crippen LogP) is 1.68. The number of H-pyrrole nitrogens is 1. The number of fused-ring (bicyclic) bond motifs is 1. The van der Waals surface area contributed by atoms with E-state index in [1.165, 1.54) is 0 Å². The first-order valence-electron chi connectivity index (χ1n) is 7.93. The lowest BCUT2D eigenvalue weighted by Gasteiger charge is -2.23. The second kappa shape index (κ2) is 6.04. The Bertz CT molecular complexity index is 863. The molecule has 24 heavy (non-hydrogen) atoms. The Morgan fingerprint density at radius 2 is 2.29 bits per heavy atom. The van der Waals surface area contributed by atoms with E-state index < -0.39 is 0 Å². The van der Waals surface area contributed by atoms with E-state index >= 15 is 0 Å². The molecule has 0 radical (unpaired) electrons. The van der Waals surface area contributed by atoms with Gasteiger partial charge in [-0.15, -0.1) is 0 Å². The minimum atomic E-state index is 0.139. The second-order valence-corrected chi connectivity index (χ2v) is 5.93. The van der Waals surface area contributed by atoms with Crippen molar-refractivity contribution in [1.29, 1.82) is 0 Å². The molecule has 1 saturated heterocycles. The number of aromatic nitrogens is 5. The van der Waals surface area contributed by atoms with Crippen LogP contribution in [0.2, 0.25) is 0 Å². The van der Waals surface area contributed by atoms with Gasteiger partial charge < -0.3 is 15.5 Å². The topological polar surface area (TPSA) is 106 Å². The van der Waals surface area contributed by atoms with Gasteiger partial charge in [-0.1, -0.05) is 0 Å². The van der Waals surface area contributed by atoms with Crippen molar-refractivity contribution >= 4 is 17.0 Å². The van der Waals surface area contributed by atoms with Crippen molar-refractivity contribution in [1.82, 2.24) is 29.8 Å². The van der Waals surface area contributed by atoms with Gasteiger partial charge in [0, 0.05) is 12.7 Å². The van der Waals surface area contributed by atoms with E-state index in [-0.39, 0.29) is 6.04 Å². The summed E-state index contributed by atoms with van der Waals surface area (Å²) < 4.78 is 5.25. The number of nitrogens with one attached hydrogen (secondary N) is 1. The van der Waals surface area contributed by atoms with Crippen molar-refractivity contribution in [3.05, 3.63) is 36.2 Å². The van der Waals surface area contributed by atoms with Crippen LogP contribution < -0.4 is 10.5 Å². The molecule has 1 aliphatic rings. The van der Waals surface area contributed by atoms with Gasteiger partial charge >= 0.3 is 0 Å². The molecule has 8 nitrogen and oxygen atoms in total. The van der Waals surface area contributed by atoms with Crippen LogP contribution in [0.25, 0.3) is 11.2 Å². The lowest BCUT2D eigenvalue weighted by Crippen LogP contribution is -2.24. The highest BCUT2D eigenvalue weighted by molar-refractivity contribution is 5.80. The van der Waals surface area contributed by atoms with Crippen molar-refractivity contribution in [3.8, 4) is 5.75 Å². The number of nitrogens with two attached hydrogens (primary N) is 1. The molecular weight excluding hydrogens is 306 g/mol. The lowest BCUT2D eigenvalue weighted by molar-refractivity contribution is 0.239. The van der Waals surface area contributed by atoms with Crippen LogP contribution in [0, 0.1) is 0 Å². The van der Waals surface area contributed by atoms with Gasteiger partial charge in [0.25, 0.3) is 0 Å². The SMILES string of the molecule is COc1cncc(CN2CCCC2c2nc(N)c3[nH]cnc3n2)c1. The molecule has 0 spiro atoms. The number of nitrogen functional groups attached to an aromatic ring is 1. The van der Waals surface area contributed by atoms with Crippen LogP contribution in [-0.2, 0) is 6.54 Å². The lowest BCUT2D eigenvalue weighted by atomic mass is 10.2. The van der Waals surface area contributed by atoms with Crippen LogP contribution >= 0.6 is 0 Å². The molecule has 1 fully saturated rings. The first kappa shape index (κ1) is 14.8. The maximum absolute atomic E-state index is 6.04. The minimum Gasteiger partial charge on any atom is -0.495 e. The Hall–Kier alpha value is -2.74. The number of hydrogen-bond acceptors (Lipinski definition) is 7. The Balaban J connectivity index is 1.61. The maximum Gasteiger partial charge on any atom is 0.183 e. The van der Waals surface area contributed by atoms with Gasteiger partial charge in [-0.25, -0.2) is 15.0 Å². The average molecular weight is 325 g/mol. The number of rotatable bonds is 4. The normalized spacial score (nSPS) is 18.3. The van der Waals surface area contributed by atoms with E-state index in [1.807, 2.05) is 12.3 Å². The fourth-order valence-electron chi connectivity index (χ4n) is 3.23. The van der Waals surface area contributed by atoms with Gasteiger partial charge in [-0.2, -0.15) is 0 Å². The second-order valence-electron chi connectivity index (χ2n) is 5.93. The Morgan fingerprint density at radius 1 is 1.38 bits per heavy atom. The largest absolute Gasteiger partial charge is 0.495 e. The van der Waals surface area contributed by atoms with Crippen LogP contribution in [0.1, 0.15) is 30.3 Å². The molecule has 3 N–H and O–H groups in total. The fraction of sp³-hybridized carbons (Fsp3) is 0.375. The summed E-state index contributed by atoms with van der Waals surface area (Å²) in [6.07, 6.45) is 7.27. The van der Waals surface area contributed by atoms with Crippen LogP contribution in [0.3, 0.4) is 0 Å². The van der Waals surface area contributed by atoms with Crippen molar-refractivity contribution in [2.75, 3.05) is 19.4 Å². The predicted molar refractivity (Wildman–Crippen MR) is 89.3 cm³/mol. The first-order chi connectivity index (χ1) is 11.7. The molecule has 0 aromatic carbocycles. The number of nitrogens with zero attached hydrogens (tertiary/aromatic N) is 5. The minimum absolute atomic E-state index is 0.139. The van der Waals surface area contributed by atoms with Gasteiger partial charge in [-0.05, 0) is 31.0 Å². The summed E-state index contributed by atoms with van der Waals surface area (Å²) >= 11 is 0. The summed E-state index contributed by atoms with van der Waals surface area (Å²) in [4.78, 5) is 22.8. The number of methoxy groups -OCH3 is 1. The molecule has 1 aliphatic heterocycles. The molecule has 3 aromatic heterocycles. The van der Waals surface area contributed by atoms with E-state index in [1.54, 1.807) is 19.6 Å². The van der Waals surface area contributed by atoms with Crippen molar-refractivity contribution in [3.63, 3.8) is 0 Å². The van der Waals surface area contributed by atoms with Crippen LogP contribution in [0.15, 0.2) is 24.8 Å². The molecule has 0 saturated carbocycles. The van der Waals surface area contributed by atoms with Gasteiger partial charge in [0.1, 0.15) is 11.3 Å². The van der Waals surface area contributed by atoms with Gasteiger partial charge in [0.15, 0.2) is 17.3 Å². The molecule has 0 aliphatic carbocycles. The summed E-state index contributed by atoms with van der Waals surface area (Å²) in [6.45, 7) is 1.76. The summed E-state index contributed by atoms with van der Waals surface area (Å²) in [7, 11) is 1.65. The molecule has 124 valence electrons. The quantitative estimate of drug-likeness (QED) is 0.751. The molecule has 4 rings (SSSR count). The van der Waals surface area contributed by atoms with Crippen molar-refractivity contribution < 1.29 is 4.74 Å². The van der Waals surface area contributed by atoms with E-state index in [0.29, 0.717) is 17.0 Å². The van der Waals surface area contributed by atoms with Crippen LogP contribution in [0.5, 0.6) is 5.75 Å². The monoisotopic (exact) mass is 325 g/mol. The molecule has 4 heterocycles. The third kappa shape index (κ3) is 2.65. The van der Waals surface area contributed by atoms with Gasteiger partial charge in [0.05, 0.1) is 25.7 Å². The van der Waals surface area contributed by atoms with Gasteiger partial charge in [0.2, 0.25) is 0 Å².